The van der Waals surface area contributed by atoms with E-state index in [0.717, 1.165) is 50.5 Å². The SMILES string of the molecule is COc1cccc(-c2noc(CN3CCN(CCc4ccccc4)CC3)n2)c1. The van der Waals surface area contributed by atoms with E-state index >= 15 is 0 Å². The Bertz CT molecular complexity index is 873. The van der Waals surface area contributed by atoms with E-state index in [-0.39, 0.29) is 0 Å². The zero-order chi connectivity index (χ0) is 19.2. The predicted molar refractivity (Wildman–Crippen MR) is 108 cm³/mol. The lowest BCUT2D eigenvalue weighted by Gasteiger charge is -2.33. The standard InChI is InChI=1S/C22H26N4O2/c1-27-20-9-5-8-19(16-20)22-23-21(28-24-22)17-26-14-12-25(13-15-26)11-10-18-6-3-2-4-7-18/h2-9,16H,10-15,17H2,1H3. The third kappa shape index (κ3) is 4.77. The number of methoxy groups -OCH3 is 1. The summed E-state index contributed by atoms with van der Waals surface area (Å²) in [5.41, 5.74) is 2.31. The second-order valence-corrected chi connectivity index (χ2v) is 7.10. The fraction of sp³-hybridized carbons (Fsp3) is 0.364. The molecule has 0 spiro atoms. The summed E-state index contributed by atoms with van der Waals surface area (Å²) in [4.78, 5) is 9.46. The first-order valence-corrected chi connectivity index (χ1v) is 9.76. The maximum Gasteiger partial charge on any atom is 0.241 e. The molecular formula is C22H26N4O2. The molecule has 1 aromatic heterocycles. The number of hydrogen-bond acceptors (Lipinski definition) is 6. The van der Waals surface area contributed by atoms with Crippen LogP contribution >= 0.6 is 0 Å². The van der Waals surface area contributed by atoms with Gasteiger partial charge in [0, 0.05) is 38.3 Å². The van der Waals surface area contributed by atoms with Crippen LogP contribution in [0.3, 0.4) is 0 Å². The van der Waals surface area contributed by atoms with Gasteiger partial charge in [-0.25, -0.2) is 0 Å². The van der Waals surface area contributed by atoms with Crippen molar-refractivity contribution >= 4 is 0 Å². The molecule has 0 unspecified atom stereocenters. The summed E-state index contributed by atoms with van der Waals surface area (Å²) in [5.74, 6) is 2.06. The van der Waals surface area contributed by atoms with Crippen molar-refractivity contribution in [1.29, 1.82) is 0 Å². The van der Waals surface area contributed by atoms with Gasteiger partial charge >= 0.3 is 0 Å². The molecule has 0 atom stereocenters. The molecule has 6 nitrogen and oxygen atoms in total. The van der Waals surface area contributed by atoms with Crippen LogP contribution in [0.2, 0.25) is 0 Å². The van der Waals surface area contributed by atoms with Crippen LogP contribution in [-0.2, 0) is 13.0 Å². The number of rotatable bonds is 7. The number of hydrogen-bond donors (Lipinski definition) is 0. The van der Waals surface area contributed by atoms with Crippen LogP contribution in [0.15, 0.2) is 59.1 Å². The van der Waals surface area contributed by atoms with Gasteiger partial charge in [-0.05, 0) is 24.1 Å². The summed E-state index contributed by atoms with van der Waals surface area (Å²) in [7, 11) is 1.65. The van der Waals surface area contributed by atoms with Gasteiger partial charge in [0.2, 0.25) is 11.7 Å². The Morgan fingerprint density at radius 2 is 1.75 bits per heavy atom. The molecule has 1 saturated heterocycles. The highest BCUT2D eigenvalue weighted by Gasteiger charge is 2.19. The van der Waals surface area contributed by atoms with Crippen molar-refractivity contribution in [1.82, 2.24) is 19.9 Å². The van der Waals surface area contributed by atoms with Crippen LogP contribution in [0, 0.1) is 0 Å². The van der Waals surface area contributed by atoms with Crippen molar-refractivity contribution in [3.8, 4) is 17.1 Å². The molecular weight excluding hydrogens is 352 g/mol. The Labute approximate surface area is 165 Å². The normalized spacial score (nSPS) is 15.6. The fourth-order valence-electron chi connectivity index (χ4n) is 3.49. The molecule has 1 aliphatic heterocycles. The molecule has 1 fully saturated rings. The molecule has 0 N–H and O–H groups in total. The van der Waals surface area contributed by atoms with E-state index in [1.165, 1.54) is 5.56 Å². The molecule has 146 valence electrons. The minimum atomic E-state index is 0.607. The maximum atomic E-state index is 5.47. The summed E-state index contributed by atoms with van der Waals surface area (Å²) in [5, 5.41) is 4.13. The molecule has 0 bridgehead atoms. The average molecular weight is 378 g/mol. The molecule has 0 radical (unpaired) electrons. The van der Waals surface area contributed by atoms with Gasteiger partial charge in [0.25, 0.3) is 0 Å². The molecule has 28 heavy (non-hydrogen) atoms. The van der Waals surface area contributed by atoms with Gasteiger partial charge in [-0.2, -0.15) is 4.98 Å². The van der Waals surface area contributed by atoms with E-state index in [4.69, 9.17) is 9.26 Å². The average Bonchev–Trinajstić information content (AvgIpc) is 3.22. The minimum Gasteiger partial charge on any atom is -0.497 e. The highest BCUT2D eigenvalue weighted by atomic mass is 16.5. The van der Waals surface area contributed by atoms with Crippen LogP contribution in [-0.4, -0.2) is 59.8 Å². The number of nitrogens with zero attached hydrogens (tertiary/aromatic N) is 4. The van der Waals surface area contributed by atoms with Crippen LogP contribution in [0.1, 0.15) is 11.5 Å². The second-order valence-electron chi connectivity index (χ2n) is 7.10. The molecule has 2 heterocycles. The van der Waals surface area contributed by atoms with Crippen molar-refractivity contribution in [2.24, 2.45) is 0 Å². The summed E-state index contributed by atoms with van der Waals surface area (Å²) in [6, 6.07) is 18.4. The lowest BCUT2D eigenvalue weighted by Crippen LogP contribution is -2.46. The first-order chi connectivity index (χ1) is 13.8. The number of piperazine rings is 1. The molecule has 1 aliphatic rings. The van der Waals surface area contributed by atoms with Gasteiger partial charge in [-0.1, -0.05) is 47.6 Å². The Morgan fingerprint density at radius 1 is 0.964 bits per heavy atom. The summed E-state index contributed by atoms with van der Waals surface area (Å²) in [6.07, 6.45) is 1.11. The molecule has 0 amide bonds. The zero-order valence-corrected chi connectivity index (χ0v) is 16.3. The third-order valence-electron chi connectivity index (χ3n) is 5.18. The van der Waals surface area contributed by atoms with Crippen LogP contribution in [0.4, 0.5) is 0 Å². The highest BCUT2D eigenvalue weighted by molar-refractivity contribution is 5.56. The van der Waals surface area contributed by atoms with E-state index in [2.05, 4.69) is 50.3 Å². The zero-order valence-electron chi connectivity index (χ0n) is 16.3. The molecule has 0 saturated carbocycles. The van der Waals surface area contributed by atoms with Gasteiger partial charge in [0.15, 0.2) is 0 Å². The van der Waals surface area contributed by atoms with Crippen LogP contribution < -0.4 is 4.74 Å². The Hall–Kier alpha value is -2.70. The fourth-order valence-corrected chi connectivity index (χ4v) is 3.49. The van der Waals surface area contributed by atoms with Gasteiger partial charge in [0.1, 0.15) is 5.75 Å². The lowest BCUT2D eigenvalue weighted by molar-refractivity contribution is 0.118. The first-order valence-electron chi connectivity index (χ1n) is 9.76. The van der Waals surface area contributed by atoms with E-state index in [0.29, 0.717) is 18.3 Å². The summed E-state index contributed by atoms with van der Waals surface area (Å²) in [6.45, 7) is 5.99. The van der Waals surface area contributed by atoms with Crippen molar-refractivity contribution in [2.45, 2.75) is 13.0 Å². The highest BCUT2D eigenvalue weighted by Crippen LogP contribution is 2.21. The van der Waals surface area contributed by atoms with Crippen LogP contribution in [0.25, 0.3) is 11.4 Å². The van der Waals surface area contributed by atoms with E-state index in [1.807, 2.05) is 24.3 Å². The van der Waals surface area contributed by atoms with Gasteiger partial charge in [-0.3, -0.25) is 4.90 Å². The monoisotopic (exact) mass is 378 g/mol. The van der Waals surface area contributed by atoms with E-state index in [9.17, 15) is 0 Å². The number of aromatic nitrogens is 2. The summed E-state index contributed by atoms with van der Waals surface area (Å²) >= 11 is 0. The predicted octanol–water partition coefficient (Wildman–Crippen LogP) is 3.11. The van der Waals surface area contributed by atoms with Gasteiger partial charge in [0.05, 0.1) is 13.7 Å². The van der Waals surface area contributed by atoms with E-state index in [1.54, 1.807) is 7.11 Å². The molecule has 6 heteroatoms. The molecule has 4 rings (SSSR count). The van der Waals surface area contributed by atoms with Crippen molar-refractivity contribution in [3.63, 3.8) is 0 Å². The van der Waals surface area contributed by atoms with Crippen molar-refractivity contribution < 1.29 is 9.26 Å². The topological polar surface area (TPSA) is 54.6 Å². The molecule has 0 aliphatic carbocycles. The lowest BCUT2D eigenvalue weighted by atomic mass is 10.1. The number of ether oxygens (including phenoxy) is 1. The quantitative estimate of drug-likeness (QED) is 0.630. The van der Waals surface area contributed by atoms with Crippen LogP contribution in [0.5, 0.6) is 5.75 Å². The summed E-state index contributed by atoms with van der Waals surface area (Å²) < 4.78 is 10.7. The maximum absolute atomic E-state index is 5.47. The van der Waals surface area contributed by atoms with Crippen molar-refractivity contribution in [2.75, 3.05) is 39.8 Å². The largest absolute Gasteiger partial charge is 0.497 e. The van der Waals surface area contributed by atoms with Gasteiger partial charge < -0.3 is 14.2 Å². The third-order valence-corrected chi connectivity index (χ3v) is 5.18. The molecule has 3 aromatic rings. The van der Waals surface area contributed by atoms with Crippen molar-refractivity contribution in [3.05, 3.63) is 66.1 Å². The Balaban J connectivity index is 1.26. The molecule has 2 aromatic carbocycles. The Kier molecular flexibility index (Phi) is 5.99. The smallest absolute Gasteiger partial charge is 0.241 e. The van der Waals surface area contributed by atoms with Gasteiger partial charge in [-0.15, -0.1) is 0 Å². The van der Waals surface area contributed by atoms with E-state index < -0.39 is 0 Å². The first kappa shape index (κ1) is 18.7. The Morgan fingerprint density at radius 3 is 2.54 bits per heavy atom. The number of benzene rings is 2. The second kappa shape index (κ2) is 8.99. The minimum absolute atomic E-state index is 0.607.